The van der Waals surface area contributed by atoms with Gasteiger partial charge in [0.15, 0.2) is 0 Å². The van der Waals surface area contributed by atoms with Gasteiger partial charge >= 0.3 is 5.56 Å². The Labute approximate surface area is 201 Å². The zero-order valence-corrected chi connectivity index (χ0v) is 19.1. The van der Waals surface area contributed by atoms with Crippen molar-refractivity contribution < 1.29 is 19.1 Å². The molecule has 0 fully saturated rings. The van der Waals surface area contributed by atoms with E-state index in [4.69, 9.17) is 9.47 Å². The number of fused-ring (bicyclic) bond motifs is 3. The van der Waals surface area contributed by atoms with E-state index < -0.39 is 5.56 Å². The summed E-state index contributed by atoms with van der Waals surface area (Å²) in [6, 6.07) is 18.1. The topological polar surface area (TPSA) is 76.8 Å². The first-order valence-electron chi connectivity index (χ1n) is 11.5. The van der Waals surface area contributed by atoms with Crippen LogP contribution in [-0.2, 0) is 22.6 Å². The molecule has 35 heavy (non-hydrogen) atoms. The van der Waals surface area contributed by atoms with Crippen LogP contribution < -0.4 is 10.5 Å². The number of nitrogens with zero attached hydrogens (tertiary/aromatic N) is 3. The molecule has 0 saturated heterocycles. The van der Waals surface area contributed by atoms with Gasteiger partial charge in [-0.2, -0.15) is 4.73 Å². The van der Waals surface area contributed by atoms with Crippen molar-refractivity contribution in [3.05, 3.63) is 106 Å². The van der Waals surface area contributed by atoms with Crippen LogP contribution in [0.4, 0.5) is 10.1 Å². The van der Waals surface area contributed by atoms with Crippen LogP contribution in [0.2, 0.25) is 0 Å². The van der Waals surface area contributed by atoms with Crippen molar-refractivity contribution in [2.24, 2.45) is 0 Å². The monoisotopic (exact) mass is 475 g/mol. The molecule has 0 spiro atoms. The lowest BCUT2D eigenvalue weighted by Crippen LogP contribution is -2.23. The molecule has 5 rings (SSSR count). The Balaban J connectivity index is 1.31. The number of halogens is 1. The molecule has 0 amide bonds. The molecular weight excluding hydrogens is 449 g/mol. The third-order valence-electron chi connectivity index (χ3n) is 6.21. The van der Waals surface area contributed by atoms with Gasteiger partial charge in [0.2, 0.25) is 0 Å². The van der Waals surface area contributed by atoms with E-state index in [1.807, 2.05) is 30.3 Å². The predicted octanol–water partition coefficient (Wildman–Crippen LogP) is 4.11. The van der Waals surface area contributed by atoms with E-state index in [0.29, 0.717) is 49.6 Å². The molecule has 0 radical (unpaired) electrons. The van der Waals surface area contributed by atoms with Crippen molar-refractivity contribution in [3.63, 3.8) is 0 Å². The second-order valence-electron chi connectivity index (χ2n) is 8.60. The summed E-state index contributed by atoms with van der Waals surface area (Å²) in [7, 11) is 0. The molecule has 1 aliphatic heterocycles. The highest BCUT2D eigenvalue weighted by molar-refractivity contribution is 5.88. The lowest BCUT2D eigenvalue weighted by molar-refractivity contribution is 0.0366. The zero-order chi connectivity index (χ0) is 24.2. The van der Waals surface area contributed by atoms with Crippen molar-refractivity contribution in [1.29, 1.82) is 0 Å². The van der Waals surface area contributed by atoms with Gasteiger partial charge in [-0.05, 0) is 34.9 Å². The Morgan fingerprint density at radius 1 is 1.00 bits per heavy atom. The molecule has 0 saturated carbocycles. The van der Waals surface area contributed by atoms with Gasteiger partial charge in [-0.1, -0.05) is 42.5 Å². The third kappa shape index (κ3) is 5.03. The molecule has 1 atom stereocenters. The number of anilines is 1. The maximum atomic E-state index is 13.4. The molecule has 1 unspecified atom stereocenters. The van der Waals surface area contributed by atoms with E-state index in [-0.39, 0.29) is 17.3 Å². The minimum absolute atomic E-state index is 0.000912. The van der Waals surface area contributed by atoms with E-state index in [1.54, 1.807) is 24.4 Å². The third-order valence-corrected chi connectivity index (χ3v) is 6.21. The van der Waals surface area contributed by atoms with Crippen LogP contribution in [0.15, 0.2) is 77.9 Å². The highest BCUT2D eigenvalue weighted by atomic mass is 19.1. The quantitative estimate of drug-likeness (QED) is 0.290. The summed E-state index contributed by atoms with van der Waals surface area (Å²) in [6.07, 6.45) is 3.01. The summed E-state index contributed by atoms with van der Waals surface area (Å²) in [6.45, 7) is 3.15. The average Bonchev–Trinajstić information content (AvgIpc) is 3.23. The molecule has 2 aromatic carbocycles. The van der Waals surface area contributed by atoms with E-state index in [2.05, 4.69) is 9.88 Å². The molecule has 1 N–H and O–H groups in total. The van der Waals surface area contributed by atoms with E-state index >= 15 is 0 Å². The largest absolute Gasteiger partial charge is 0.425 e. The summed E-state index contributed by atoms with van der Waals surface area (Å²) in [5, 5.41) is 10.5. The van der Waals surface area contributed by atoms with Crippen molar-refractivity contribution >= 4 is 16.6 Å². The van der Waals surface area contributed by atoms with Crippen LogP contribution in [0.3, 0.4) is 0 Å². The van der Waals surface area contributed by atoms with Crippen LogP contribution in [0.25, 0.3) is 10.9 Å². The second-order valence-corrected chi connectivity index (χ2v) is 8.60. The predicted molar refractivity (Wildman–Crippen MR) is 130 cm³/mol. The molecule has 7 nitrogen and oxygen atoms in total. The normalized spacial score (nSPS) is 15.0. The summed E-state index contributed by atoms with van der Waals surface area (Å²) >= 11 is 0. The Hall–Kier alpha value is -3.75. The molecule has 1 aliphatic rings. The van der Waals surface area contributed by atoms with Gasteiger partial charge in [0.05, 0.1) is 38.3 Å². The van der Waals surface area contributed by atoms with Crippen LogP contribution in [0, 0.1) is 5.82 Å². The number of hydrogen-bond acceptors (Lipinski definition) is 6. The standard InChI is InChI=1S/C27H26FN3O4/c28-22-8-6-19(7-9-22)15-30-16-21(18-35-13-12-34-17-20-4-2-1-3-5-20)25-23-10-11-31(33)27(32)26(23)29-14-24(25)30/h1-11,14,21,33H,12-13,15-18H2. The summed E-state index contributed by atoms with van der Waals surface area (Å²) < 4.78 is 25.6. The summed E-state index contributed by atoms with van der Waals surface area (Å²) in [4.78, 5) is 19.0. The van der Waals surface area contributed by atoms with Crippen LogP contribution in [0.5, 0.6) is 0 Å². The first-order chi connectivity index (χ1) is 17.1. The molecule has 4 aromatic rings. The molecule has 8 heteroatoms. The smallest absolute Gasteiger partial charge is 0.309 e. The number of rotatable bonds is 9. The summed E-state index contributed by atoms with van der Waals surface area (Å²) in [5.74, 6) is -0.275. The zero-order valence-electron chi connectivity index (χ0n) is 19.1. The van der Waals surface area contributed by atoms with Crippen LogP contribution >= 0.6 is 0 Å². The average molecular weight is 476 g/mol. The SMILES string of the molecule is O=c1c2ncc3c(c2ccn1O)C(COCCOCc1ccccc1)CN3Cc1ccc(F)cc1. The highest BCUT2D eigenvalue weighted by Crippen LogP contribution is 2.40. The maximum Gasteiger partial charge on any atom is 0.309 e. The fraction of sp³-hybridized carbons (Fsp3) is 0.259. The van der Waals surface area contributed by atoms with Gasteiger partial charge < -0.3 is 19.6 Å². The number of pyridine rings is 2. The van der Waals surface area contributed by atoms with Crippen LogP contribution in [0.1, 0.15) is 22.6 Å². The lowest BCUT2D eigenvalue weighted by Gasteiger charge is -2.20. The number of benzene rings is 2. The van der Waals surface area contributed by atoms with Gasteiger partial charge in [0.25, 0.3) is 0 Å². The van der Waals surface area contributed by atoms with E-state index in [9.17, 15) is 14.4 Å². The van der Waals surface area contributed by atoms with Gasteiger partial charge in [-0.3, -0.25) is 4.79 Å². The van der Waals surface area contributed by atoms with Gasteiger partial charge in [-0.25, -0.2) is 9.37 Å². The number of ether oxygens (including phenoxy) is 2. The minimum Gasteiger partial charge on any atom is -0.425 e. The van der Waals surface area contributed by atoms with Crippen molar-refractivity contribution in [2.75, 3.05) is 31.3 Å². The first-order valence-corrected chi connectivity index (χ1v) is 11.5. The van der Waals surface area contributed by atoms with E-state index in [0.717, 1.165) is 22.4 Å². The van der Waals surface area contributed by atoms with Crippen molar-refractivity contribution in [3.8, 4) is 0 Å². The molecule has 0 bridgehead atoms. The lowest BCUT2D eigenvalue weighted by atomic mass is 9.99. The Bertz CT molecular complexity index is 1360. The summed E-state index contributed by atoms with van der Waals surface area (Å²) in [5.41, 5.74) is 3.62. The van der Waals surface area contributed by atoms with Gasteiger partial charge in [0, 0.05) is 30.6 Å². The molecular formula is C27H26FN3O4. The first kappa shape index (κ1) is 23.0. The maximum absolute atomic E-state index is 13.4. The van der Waals surface area contributed by atoms with E-state index in [1.165, 1.54) is 18.3 Å². The Morgan fingerprint density at radius 2 is 1.77 bits per heavy atom. The molecule has 0 aliphatic carbocycles. The fourth-order valence-electron chi connectivity index (χ4n) is 4.53. The Kier molecular flexibility index (Phi) is 6.74. The van der Waals surface area contributed by atoms with Crippen molar-refractivity contribution in [1.82, 2.24) is 9.71 Å². The fourth-order valence-corrected chi connectivity index (χ4v) is 4.53. The molecule has 180 valence electrons. The molecule has 3 heterocycles. The molecule has 2 aromatic heterocycles. The van der Waals surface area contributed by atoms with Crippen molar-refractivity contribution in [2.45, 2.75) is 19.1 Å². The second kappa shape index (κ2) is 10.2. The minimum atomic E-state index is -0.559. The number of hydrogen-bond donors (Lipinski definition) is 1. The highest BCUT2D eigenvalue weighted by Gasteiger charge is 2.32. The van der Waals surface area contributed by atoms with Crippen LogP contribution in [-0.4, -0.2) is 41.3 Å². The Morgan fingerprint density at radius 3 is 2.57 bits per heavy atom. The number of aromatic nitrogens is 2. The van der Waals surface area contributed by atoms with Gasteiger partial charge in [0.1, 0.15) is 11.3 Å². The van der Waals surface area contributed by atoms with Gasteiger partial charge in [-0.15, -0.1) is 0 Å².